The van der Waals surface area contributed by atoms with Gasteiger partial charge in [-0.2, -0.15) is 0 Å². The van der Waals surface area contributed by atoms with Gasteiger partial charge in [-0.3, -0.25) is 0 Å². The van der Waals surface area contributed by atoms with Crippen molar-refractivity contribution < 1.29 is 0 Å². The summed E-state index contributed by atoms with van der Waals surface area (Å²) in [5, 5.41) is 4.00. The molecule has 126 valence electrons. The van der Waals surface area contributed by atoms with Crippen molar-refractivity contribution in [1.29, 1.82) is 0 Å². The zero-order valence-electron chi connectivity index (χ0n) is 15.6. The lowest BCUT2D eigenvalue weighted by Gasteiger charge is -2.37. The van der Waals surface area contributed by atoms with Crippen molar-refractivity contribution in [1.82, 2.24) is 5.32 Å². The van der Waals surface area contributed by atoms with Crippen molar-refractivity contribution in [2.75, 3.05) is 0 Å². The van der Waals surface area contributed by atoms with Gasteiger partial charge in [0, 0.05) is 11.6 Å². The van der Waals surface area contributed by atoms with Crippen molar-refractivity contribution >= 4 is 0 Å². The van der Waals surface area contributed by atoms with Crippen molar-refractivity contribution in [3.8, 4) is 0 Å². The summed E-state index contributed by atoms with van der Waals surface area (Å²) in [7, 11) is 0. The Hall–Kier alpha value is -0.0400. The number of hydrogen-bond acceptors (Lipinski definition) is 1. The van der Waals surface area contributed by atoms with Crippen LogP contribution in [0.5, 0.6) is 0 Å². The van der Waals surface area contributed by atoms with Crippen LogP contribution < -0.4 is 5.32 Å². The molecule has 0 spiro atoms. The Kier molecular flexibility index (Phi) is 8.31. The van der Waals surface area contributed by atoms with E-state index in [9.17, 15) is 0 Å². The highest BCUT2D eigenvalue weighted by Crippen LogP contribution is 2.28. The monoisotopic (exact) mass is 295 g/mol. The highest BCUT2D eigenvalue weighted by atomic mass is 15.0. The van der Waals surface area contributed by atoms with Gasteiger partial charge >= 0.3 is 0 Å². The van der Waals surface area contributed by atoms with Crippen molar-refractivity contribution in [3.05, 3.63) is 0 Å². The molecule has 1 heteroatoms. The van der Waals surface area contributed by atoms with Gasteiger partial charge in [-0.05, 0) is 38.5 Å². The molecule has 1 aliphatic rings. The molecule has 0 aromatic heterocycles. The largest absolute Gasteiger partial charge is 0.309 e. The van der Waals surface area contributed by atoms with Gasteiger partial charge < -0.3 is 5.32 Å². The zero-order valence-corrected chi connectivity index (χ0v) is 15.6. The first-order chi connectivity index (χ1) is 9.79. The van der Waals surface area contributed by atoms with E-state index in [0.29, 0.717) is 5.41 Å². The summed E-state index contributed by atoms with van der Waals surface area (Å²) < 4.78 is 0. The van der Waals surface area contributed by atoms with Crippen LogP contribution in [0.3, 0.4) is 0 Å². The fourth-order valence-electron chi connectivity index (χ4n) is 4.24. The number of rotatable bonds is 3. The second kappa shape index (κ2) is 9.18. The van der Waals surface area contributed by atoms with Gasteiger partial charge in [0.15, 0.2) is 0 Å². The smallest absolute Gasteiger partial charge is 0.0132 e. The first kappa shape index (κ1) is 19.0. The fraction of sp³-hybridized carbons (Fsp3) is 1.00. The highest BCUT2D eigenvalue weighted by molar-refractivity contribution is 4.86. The van der Waals surface area contributed by atoms with Gasteiger partial charge in [0.05, 0.1) is 0 Å². The van der Waals surface area contributed by atoms with Crippen molar-refractivity contribution in [2.45, 2.75) is 123 Å². The minimum absolute atomic E-state index is 0.264. The van der Waals surface area contributed by atoms with Gasteiger partial charge in [0.1, 0.15) is 0 Å². The first-order valence-electron chi connectivity index (χ1n) is 9.56. The molecule has 0 radical (unpaired) electrons. The number of nitrogens with one attached hydrogen (secondary N) is 1. The normalized spacial score (nSPS) is 21.6. The van der Waals surface area contributed by atoms with E-state index in [0.717, 1.165) is 6.04 Å². The maximum atomic E-state index is 4.00. The van der Waals surface area contributed by atoms with Crippen LogP contribution in [-0.2, 0) is 0 Å². The molecule has 0 saturated heterocycles. The van der Waals surface area contributed by atoms with Gasteiger partial charge in [0.2, 0.25) is 0 Å². The second-order valence-electron chi connectivity index (χ2n) is 9.22. The van der Waals surface area contributed by atoms with Gasteiger partial charge in [-0.25, -0.2) is 0 Å². The van der Waals surface area contributed by atoms with E-state index in [1.54, 1.807) is 0 Å². The lowest BCUT2D eigenvalue weighted by Crippen LogP contribution is -2.48. The number of hydrogen-bond donors (Lipinski definition) is 1. The predicted octanol–water partition coefficient (Wildman–Crippen LogP) is 6.46. The maximum Gasteiger partial charge on any atom is 0.0132 e. The minimum atomic E-state index is 0.264. The Morgan fingerprint density at radius 1 is 0.667 bits per heavy atom. The highest BCUT2D eigenvalue weighted by Gasteiger charge is 2.27. The van der Waals surface area contributed by atoms with E-state index < -0.39 is 0 Å². The van der Waals surface area contributed by atoms with Crippen LogP contribution in [-0.4, -0.2) is 11.6 Å². The van der Waals surface area contributed by atoms with Crippen LogP contribution in [0.15, 0.2) is 0 Å². The van der Waals surface area contributed by atoms with Crippen LogP contribution in [0.2, 0.25) is 0 Å². The van der Waals surface area contributed by atoms with E-state index in [1.807, 2.05) is 0 Å². The Balaban J connectivity index is 2.46. The standard InChI is InChI=1S/C20H41N/c1-19(2,3)17-20(4,5)21-18-15-13-11-9-7-6-8-10-12-14-16-18/h18,21H,6-17H2,1-5H3. The summed E-state index contributed by atoms with van der Waals surface area (Å²) in [6, 6.07) is 0.738. The molecule has 0 aliphatic heterocycles. The molecular weight excluding hydrogens is 254 g/mol. The third-order valence-electron chi connectivity index (χ3n) is 4.67. The first-order valence-corrected chi connectivity index (χ1v) is 9.56. The third-order valence-corrected chi connectivity index (χ3v) is 4.67. The molecule has 1 aliphatic carbocycles. The molecule has 1 rings (SSSR count). The summed E-state index contributed by atoms with van der Waals surface area (Å²) in [6.07, 6.45) is 17.1. The molecule has 0 heterocycles. The van der Waals surface area contributed by atoms with E-state index in [2.05, 4.69) is 39.9 Å². The maximum absolute atomic E-state index is 4.00. The average molecular weight is 296 g/mol. The summed E-state index contributed by atoms with van der Waals surface area (Å²) in [4.78, 5) is 0. The summed E-state index contributed by atoms with van der Waals surface area (Å²) in [6.45, 7) is 11.9. The molecule has 0 atom stereocenters. The lowest BCUT2D eigenvalue weighted by molar-refractivity contribution is 0.211. The van der Waals surface area contributed by atoms with Crippen LogP contribution >= 0.6 is 0 Å². The van der Waals surface area contributed by atoms with Crippen molar-refractivity contribution in [2.24, 2.45) is 5.41 Å². The Labute approximate surface area is 134 Å². The van der Waals surface area contributed by atoms with Crippen LogP contribution in [0, 0.1) is 5.41 Å². The average Bonchev–Trinajstić information content (AvgIpc) is 2.29. The lowest BCUT2D eigenvalue weighted by atomic mass is 9.81. The second-order valence-corrected chi connectivity index (χ2v) is 9.22. The van der Waals surface area contributed by atoms with Gasteiger partial charge in [-0.15, -0.1) is 0 Å². The summed E-state index contributed by atoms with van der Waals surface area (Å²) in [5.74, 6) is 0. The quantitative estimate of drug-likeness (QED) is 0.629. The summed E-state index contributed by atoms with van der Waals surface area (Å²) in [5.41, 5.74) is 0.669. The Morgan fingerprint density at radius 2 is 1.05 bits per heavy atom. The van der Waals surface area contributed by atoms with E-state index in [-0.39, 0.29) is 5.54 Å². The van der Waals surface area contributed by atoms with Crippen LogP contribution in [0.25, 0.3) is 0 Å². The molecule has 0 unspecified atom stereocenters. The molecule has 0 bridgehead atoms. The van der Waals surface area contributed by atoms with E-state index in [1.165, 1.54) is 77.0 Å². The van der Waals surface area contributed by atoms with Crippen LogP contribution in [0.4, 0.5) is 0 Å². The molecule has 1 N–H and O–H groups in total. The predicted molar refractivity (Wildman–Crippen MR) is 95.9 cm³/mol. The van der Waals surface area contributed by atoms with E-state index in [4.69, 9.17) is 0 Å². The zero-order chi connectivity index (χ0) is 15.8. The topological polar surface area (TPSA) is 12.0 Å². The van der Waals surface area contributed by atoms with Gasteiger partial charge in [0.25, 0.3) is 0 Å². The molecule has 0 aromatic carbocycles. The SMILES string of the molecule is CC(C)(C)CC(C)(C)NC1CCCCCCCCCCC1. The fourth-order valence-corrected chi connectivity index (χ4v) is 4.24. The molecule has 1 fully saturated rings. The van der Waals surface area contributed by atoms with E-state index >= 15 is 0 Å². The molecule has 1 saturated carbocycles. The third kappa shape index (κ3) is 10.3. The molecule has 0 aromatic rings. The molecule has 1 nitrogen and oxygen atoms in total. The van der Waals surface area contributed by atoms with Crippen LogP contribution in [0.1, 0.15) is 112 Å². The minimum Gasteiger partial charge on any atom is -0.309 e. The molecular formula is C20H41N. The Bertz CT molecular complexity index is 250. The van der Waals surface area contributed by atoms with Gasteiger partial charge in [-0.1, -0.05) is 78.6 Å². The van der Waals surface area contributed by atoms with Crippen molar-refractivity contribution in [3.63, 3.8) is 0 Å². The Morgan fingerprint density at radius 3 is 1.43 bits per heavy atom. The molecule has 21 heavy (non-hydrogen) atoms. The molecule has 0 amide bonds. The summed E-state index contributed by atoms with van der Waals surface area (Å²) >= 11 is 0.